The fourth-order valence-corrected chi connectivity index (χ4v) is 4.07. The van der Waals surface area contributed by atoms with Gasteiger partial charge in [-0.1, -0.05) is 36.4 Å². The molecule has 4 nitrogen and oxygen atoms in total. The van der Waals surface area contributed by atoms with Gasteiger partial charge in [0.2, 0.25) is 0 Å². The number of hydrogen-bond donors (Lipinski definition) is 1. The van der Waals surface area contributed by atoms with Crippen LogP contribution in [0.15, 0.2) is 48.5 Å². The summed E-state index contributed by atoms with van der Waals surface area (Å²) >= 11 is 0. The molecule has 2 fully saturated rings. The van der Waals surface area contributed by atoms with Gasteiger partial charge in [-0.3, -0.25) is 10.2 Å². The summed E-state index contributed by atoms with van der Waals surface area (Å²) in [4.78, 5) is 16.0. The van der Waals surface area contributed by atoms with Gasteiger partial charge in [-0.15, -0.1) is 0 Å². The number of carbonyl (C=O) groups excluding carboxylic acids is 1. The summed E-state index contributed by atoms with van der Waals surface area (Å²) in [5.74, 6) is 0.363. The molecule has 1 aliphatic heterocycles. The molecule has 1 saturated heterocycles. The highest BCUT2D eigenvalue weighted by atomic mass is 19.4. The number of benzene rings is 2. The van der Waals surface area contributed by atoms with E-state index >= 15 is 0 Å². The Balaban J connectivity index is 1.35. The largest absolute Gasteiger partial charge is 0.416 e. The third kappa shape index (κ3) is 4.74. The number of rotatable bonds is 6. The van der Waals surface area contributed by atoms with E-state index < -0.39 is 11.7 Å². The molecule has 2 aromatic carbocycles. The smallest absolute Gasteiger partial charge is 0.304 e. The van der Waals surface area contributed by atoms with Crippen LogP contribution >= 0.6 is 0 Å². The number of nitrogens with one attached hydrogen (secondary N) is 1. The minimum Gasteiger partial charge on any atom is -0.304 e. The zero-order valence-corrected chi connectivity index (χ0v) is 16.9. The molecule has 7 heteroatoms. The minimum atomic E-state index is -4.32. The van der Waals surface area contributed by atoms with Crippen LogP contribution in [0.5, 0.6) is 0 Å². The maximum atomic E-state index is 12.7. The number of alkyl halides is 3. The number of aldehydes is 1. The van der Waals surface area contributed by atoms with Crippen molar-refractivity contribution < 1.29 is 18.0 Å². The van der Waals surface area contributed by atoms with Crippen LogP contribution in [0.2, 0.25) is 0 Å². The van der Waals surface area contributed by atoms with Crippen molar-refractivity contribution in [2.24, 2.45) is 0 Å². The molecule has 30 heavy (non-hydrogen) atoms. The van der Waals surface area contributed by atoms with Gasteiger partial charge in [0, 0.05) is 38.1 Å². The van der Waals surface area contributed by atoms with Crippen molar-refractivity contribution in [3.8, 4) is 11.1 Å². The van der Waals surface area contributed by atoms with Gasteiger partial charge in [-0.2, -0.15) is 13.2 Å². The van der Waals surface area contributed by atoms with E-state index in [1.807, 2.05) is 24.3 Å². The van der Waals surface area contributed by atoms with Gasteiger partial charge in [0.25, 0.3) is 0 Å². The second-order valence-electron chi connectivity index (χ2n) is 8.23. The molecule has 160 valence electrons. The highest BCUT2D eigenvalue weighted by Crippen LogP contribution is 2.41. The Morgan fingerprint density at radius 3 is 2.07 bits per heavy atom. The Hall–Kier alpha value is -2.22. The molecule has 1 N–H and O–H groups in total. The van der Waals surface area contributed by atoms with Crippen molar-refractivity contribution in [1.29, 1.82) is 0 Å². The fourth-order valence-electron chi connectivity index (χ4n) is 4.07. The van der Waals surface area contributed by atoms with Gasteiger partial charge in [0.15, 0.2) is 6.29 Å². The standard InChI is InChI=1S/C23H26F3N3O/c1-28-10-12-29(13-11-28)22(15-30)27-21-14-20(21)18-4-2-16(3-5-18)17-6-8-19(9-7-17)23(24,25)26/h2-9,15,20-22,27H,10-14H2,1H3. The molecular formula is C23H26F3N3O. The van der Waals surface area contributed by atoms with Gasteiger partial charge < -0.3 is 9.69 Å². The minimum absolute atomic E-state index is 0.250. The molecule has 0 spiro atoms. The molecule has 3 unspecified atom stereocenters. The van der Waals surface area contributed by atoms with E-state index in [9.17, 15) is 18.0 Å². The molecule has 1 aliphatic carbocycles. The van der Waals surface area contributed by atoms with Crippen LogP contribution < -0.4 is 5.32 Å². The van der Waals surface area contributed by atoms with Crippen LogP contribution in [0.25, 0.3) is 11.1 Å². The first-order valence-electron chi connectivity index (χ1n) is 10.3. The van der Waals surface area contributed by atoms with Crippen molar-refractivity contribution in [3.63, 3.8) is 0 Å². The van der Waals surface area contributed by atoms with Crippen LogP contribution in [0.3, 0.4) is 0 Å². The normalized spacial score (nSPS) is 23.9. The number of nitrogens with zero attached hydrogens (tertiary/aromatic N) is 2. The average molecular weight is 417 g/mol. The Morgan fingerprint density at radius 2 is 1.53 bits per heavy atom. The van der Waals surface area contributed by atoms with Crippen molar-refractivity contribution in [3.05, 3.63) is 59.7 Å². The molecule has 2 aromatic rings. The first kappa shape index (κ1) is 21.0. The number of carbonyl (C=O) groups is 1. The molecule has 0 bridgehead atoms. The van der Waals surface area contributed by atoms with Crippen LogP contribution in [0.4, 0.5) is 13.2 Å². The van der Waals surface area contributed by atoms with E-state index in [2.05, 4.69) is 22.2 Å². The summed E-state index contributed by atoms with van der Waals surface area (Å²) in [7, 11) is 2.09. The van der Waals surface area contributed by atoms with E-state index in [1.165, 1.54) is 17.7 Å². The third-order valence-electron chi connectivity index (χ3n) is 6.12. The lowest BCUT2D eigenvalue weighted by atomic mass is 10.0. The monoisotopic (exact) mass is 417 g/mol. The molecule has 0 aromatic heterocycles. The van der Waals surface area contributed by atoms with Crippen LogP contribution in [-0.2, 0) is 11.0 Å². The van der Waals surface area contributed by atoms with E-state index in [-0.39, 0.29) is 12.2 Å². The number of piperazine rings is 1. The average Bonchev–Trinajstić information content (AvgIpc) is 3.52. The van der Waals surface area contributed by atoms with Crippen LogP contribution in [0, 0.1) is 0 Å². The van der Waals surface area contributed by atoms with E-state index in [4.69, 9.17) is 0 Å². The molecule has 1 saturated carbocycles. The highest BCUT2D eigenvalue weighted by Gasteiger charge is 2.40. The number of halogens is 3. The first-order valence-corrected chi connectivity index (χ1v) is 10.3. The second kappa shape index (κ2) is 8.49. The summed E-state index contributed by atoms with van der Waals surface area (Å²) in [6.45, 7) is 3.69. The van der Waals surface area contributed by atoms with E-state index in [0.29, 0.717) is 5.92 Å². The molecule has 0 radical (unpaired) electrons. The summed E-state index contributed by atoms with van der Waals surface area (Å²) in [5.41, 5.74) is 2.20. The van der Waals surface area contributed by atoms with Gasteiger partial charge in [-0.25, -0.2) is 0 Å². The fraction of sp³-hybridized carbons (Fsp3) is 0.435. The lowest BCUT2D eigenvalue weighted by Gasteiger charge is -2.36. The number of hydrogen-bond acceptors (Lipinski definition) is 4. The molecule has 4 rings (SSSR count). The molecule has 1 heterocycles. The van der Waals surface area contributed by atoms with Crippen LogP contribution in [0.1, 0.15) is 23.5 Å². The lowest BCUT2D eigenvalue weighted by Crippen LogP contribution is -2.55. The Labute approximate surface area is 174 Å². The van der Waals surface area contributed by atoms with E-state index in [1.54, 1.807) is 0 Å². The zero-order valence-electron chi connectivity index (χ0n) is 16.9. The van der Waals surface area contributed by atoms with Crippen molar-refractivity contribution >= 4 is 6.29 Å². The topological polar surface area (TPSA) is 35.6 Å². The zero-order chi connectivity index (χ0) is 21.3. The summed E-state index contributed by atoms with van der Waals surface area (Å²) < 4.78 is 38.2. The maximum absolute atomic E-state index is 12.7. The van der Waals surface area contributed by atoms with Gasteiger partial charge >= 0.3 is 6.18 Å². The Bertz CT molecular complexity index is 859. The summed E-state index contributed by atoms with van der Waals surface area (Å²) in [6.07, 6.45) is -2.59. The van der Waals surface area contributed by atoms with E-state index in [0.717, 1.165) is 62.1 Å². The quantitative estimate of drug-likeness (QED) is 0.729. The van der Waals surface area contributed by atoms with Gasteiger partial charge in [-0.05, 0) is 42.3 Å². The van der Waals surface area contributed by atoms with Crippen molar-refractivity contribution in [2.75, 3.05) is 33.2 Å². The third-order valence-corrected chi connectivity index (χ3v) is 6.12. The molecule has 0 amide bonds. The Morgan fingerprint density at radius 1 is 0.967 bits per heavy atom. The highest BCUT2D eigenvalue weighted by molar-refractivity contribution is 5.64. The molecule has 3 atom stereocenters. The predicted octanol–water partition coefficient (Wildman–Crippen LogP) is 3.59. The second-order valence-corrected chi connectivity index (χ2v) is 8.23. The van der Waals surface area contributed by atoms with Crippen molar-refractivity contribution in [1.82, 2.24) is 15.1 Å². The Kier molecular flexibility index (Phi) is 5.95. The lowest BCUT2D eigenvalue weighted by molar-refractivity contribution is -0.137. The maximum Gasteiger partial charge on any atom is 0.416 e. The molecular weight excluding hydrogens is 391 g/mol. The SMILES string of the molecule is CN1CCN(C(C=O)NC2CC2c2ccc(-c3ccc(C(F)(F)F)cc3)cc2)CC1. The predicted molar refractivity (Wildman–Crippen MR) is 110 cm³/mol. The van der Waals surface area contributed by atoms with Crippen molar-refractivity contribution in [2.45, 2.75) is 30.7 Å². The van der Waals surface area contributed by atoms with Gasteiger partial charge in [0.05, 0.1) is 5.56 Å². The first-order chi connectivity index (χ1) is 14.3. The number of likely N-dealkylation sites (N-methyl/N-ethyl adjacent to an activating group) is 1. The molecule has 2 aliphatic rings. The summed E-state index contributed by atoms with van der Waals surface area (Å²) in [6, 6.07) is 13.5. The summed E-state index contributed by atoms with van der Waals surface area (Å²) in [5, 5.41) is 3.47. The van der Waals surface area contributed by atoms with Gasteiger partial charge in [0.1, 0.15) is 6.17 Å². The van der Waals surface area contributed by atoms with Crippen LogP contribution in [-0.4, -0.2) is 61.5 Å².